The average Bonchev–Trinajstić information content (AvgIpc) is 2.87. The number of piperidine rings is 1. The fourth-order valence-corrected chi connectivity index (χ4v) is 4.64. The molecule has 7 nitrogen and oxygen atoms in total. The molecule has 0 atom stereocenters. The van der Waals surface area contributed by atoms with Gasteiger partial charge in [0.1, 0.15) is 31.0 Å². The van der Waals surface area contributed by atoms with E-state index in [4.69, 9.17) is 18.6 Å². The minimum atomic E-state index is -0.377. The number of hydrogen-bond donors (Lipinski definition) is 1. The molecule has 0 saturated carbocycles. The van der Waals surface area contributed by atoms with E-state index in [-0.39, 0.29) is 18.0 Å². The van der Waals surface area contributed by atoms with Gasteiger partial charge in [-0.1, -0.05) is 18.2 Å². The highest BCUT2D eigenvalue weighted by atomic mass is 16.7. The van der Waals surface area contributed by atoms with Gasteiger partial charge in [-0.15, -0.1) is 0 Å². The van der Waals surface area contributed by atoms with E-state index >= 15 is 0 Å². The van der Waals surface area contributed by atoms with E-state index in [0.29, 0.717) is 30.1 Å². The fourth-order valence-electron chi connectivity index (χ4n) is 4.64. The Hall–Kier alpha value is -2.87. The summed E-state index contributed by atoms with van der Waals surface area (Å²) >= 11 is 0. The van der Waals surface area contributed by atoms with Crippen LogP contribution in [0.4, 0.5) is 0 Å². The van der Waals surface area contributed by atoms with Crippen molar-refractivity contribution in [2.45, 2.75) is 32.6 Å². The van der Waals surface area contributed by atoms with Gasteiger partial charge in [0.05, 0.1) is 12.0 Å². The van der Waals surface area contributed by atoms with Crippen molar-refractivity contribution in [2.75, 3.05) is 46.8 Å². The van der Waals surface area contributed by atoms with Crippen LogP contribution < -0.4 is 10.2 Å². The van der Waals surface area contributed by atoms with Crippen LogP contribution in [0.25, 0.3) is 11.0 Å². The van der Waals surface area contributed by atoms with Crippen LogP contribution in [0.3, 0.4) is 0 Å². The Labute approximate surface area is 206 Å². The molecule has 2 heterocycles. The average molecular weight is 482 g/mol. The van der Waals surface area contributed by atoms with E-state index in [1.807, 2.05) is 18.2 Å². The fraction of sp³-hybridized carbons (Fsp3) is 0.464. The number of fused-ring (bicyclic) bond motifs is 1. The van der Waals surface area contributed by atoms with E-state index in [1.165, 1.54) is 18.4 Å². The van der Waals surface area contributed by atoms with Crippen LogP contribution in [0.15, 0.2) is 51.9 Å². The summed E-state index contributed by atoms with van der Waals surface area (Å²) in [5, 5.41) is 10.1. The summed E-state index contributed by atoms with van der Waals surface area (Å²) in [4.78, 5) is 14.7. The summed E-state index contributed by atoms with van der Waals surface area (Å²) in [6.07, 6.45) is 5.36. The molecule has 0 unspecified atom stereocenters. The Morgan fingerprint density at radius 3 is 2.69 bits per heavy atom. The Morgan fingerprint density at radius 1 is 1.09 bits per heavy atom. The zero-order chi connectivity index (χ0) is 24.6. The van der Waals surface area contributed by atoms with Gasteiger partial charge >= 0.3 is 0 Å². The molecule has 7 heteroatoms. The summed E-state index contributed by atoms with van der Waals surface area (Å²) in [5.74, 6) is 1.25. The topological polar surface area (TPSA) is 81.4 Å². The lowest BCUT2D eigenvalue weighted by Gasteiger charge is -2.32. The van der Waals surface area contributed by atoms with Crippen molar-refractivity contribution in [1.82, 2.24) is 4.90 Å². The monoisotopic (exact) mass is 481 g/mol. The zero-order valence-electron chi connectivity index (χ0n) is 20.6. The van der Waals surface area contributed by atoms with Crippen molar-refractivity contribution in [3.8, 4) is 11.5 Å². The SMILES string of the molecule is COCOCCOc1cc(CC2CCN(CCc3ccc4occ(O)c(=O)c4c3)CC2)ccc1C. The second kappa shape index (κ2) is 12.2. The number of aromatic hydroxyl groups is 1. The van der Waals surface area contributed by atoms with Gasteiger partial charge in [0.15, 0.2) is 5.75 Å². The molecule has 188 valence electrons. The minimum Gasteiger partial charge on any atom is -0.502 e. The van der Waals surface area contributed by atoms with Crippen LogP contribution in [0.2, 0.25) is 0 Å². The first-order valence-electron chi connectivity index (χ1n) is 12.3. The van der Waals surface area contributed by atoms with Gasteiger partial charge in [-0.2, -0.15) is 0 Å². The van der Waals surface area contributed by atoms with Crippen molar-refractivity contribution in [1.29, 1.82) is 0 Å². The summed E-state index contributed by atoms with van der Waals surface area (Å²) in [6.45, 7) is 6.47. The number of ether oxygens (including phenoxy) is 3. The molecule has 0 radical (unpaired) electrons. The van der Waals surface area contributed by atoms with Crippen LogP contribution >= 0.6 is 0 Å². The molecule has 1 aliphatic heterocycles. The van der Waals surface area contributed by atoms with Gasteiger partial charge < -0.3 is 28.6 Å². The predicted molar refractivity (Wildman–Crippen MR) is 135 cm³/mol. The first-order valence-corrected chi connectivity index (χ1v) is 12.3. The molecule has 35 heavy (non-hydrogen) atoms. The standard InChI is InChI=1S/C28H35NO6/c1-20-3-4-23(17-27(20)34-14-13-33-19-32-2)15-22-8-11-29(12-9-22)10-7-21-5-6-26-24(16-21)28(31)25(30)18-35-26/h3-6,16-18,22,30H,7-15,19H2,1-2H3. The number of nitrogens with zero attached hydrogens (tertiary/aromatic N) is 1. The van der Waals surface area contributed by atoms with Crippen LogP contribution in [0.5, 0.6) is 11.5 Å². The minimum absolute atomic E-state index is 0.283. The smallest absolute Gasteiger partial charge is 0.234 e. The molecule has 1 saturated heterocycles. The molecule has 1 aliphatic rings. The largest absolute Gasteiger partial charge is 0.502 e. The van der Waals surface area contributed by atoms with Crippen molar-refractivity contribution in [2.24, 2.45) is 5.92 Å². The number of aryl methyl sites for hydroxylation is 1. The van der Waals surface area contributed by atoms with Gasteiger partial charge in [0.2, 0.25) is 5.43 Å². The zero-order valence-corrected chi connectivity index (χ0v) is 20.6. The quantitative estimate of drug-likeness (QED) is 0.323. The van der Waals surface area contributed by atoms with Gasteiger partial charge in [0, 0.05) is 13.7 Å². The van der Waals surface area contributed by atoms with Crippen LogP contribution in [-0.4, -0.2) is 56.8 Å². The van der Waals surface area contributed by atoms with Crippen molar-refractivity contribution in [3.05, 3.63) is 69.6 Å². The van der Waals surface area contributed by atoms with E-state index in [0.717, 1.165) is 55.6 Å². The Balaban J connectivity index is 1.24. The number of hydrogen-bond acceptors (Lipinski definition) is 7. The normalized spacial score (nSPS) is 15.0. The van der Waals surface area contributed by atoms with Crippen molar-refractivity contribution < 1.29 is 23.7 Å². The number of benzene rings is 2. The van der Waals surface area contributed by atoms with E-state index < -0.39 is 0 Å². The van der Waals surface area contributed by atoms with E-state index in [9.17, 15) is 9.90 Å². The molecule has 2 aromatic carbocycles. The van der Waals surface area contributed by atoms with E-state index in [1.54, 1.807) is 7.11 Å². The molecule has 1 N–H and O–H groups in total. The van der Waals surface area contributed by atoms with Crippen LogP contribution in [0.1, 0.15) is 29.5 Å². The molecule has 4 rings (SSSR count). The van der Waals surface area contributed by atoms with E-state index in [2.05, 4.69) is 30.0 Å². The molecular formula is C28H35NO6. The van der Waals surface area contributed by atoms with Crippen LogP contribution in [-0.2, 0) is 22.3 Å². The third-order valence-electron chi connectivity index (χ3n) is 6.71. The van der Waals surface area contributed by atoms with Crippen LogP contribution in [0, 0.1) is 12.8 Å². The number of methoxy groups -OCH3 is 1. The summed E-state index contributed by atoms with van der Waals surface area (Å²) in [7, 11) is 1.61. The van der Waals surface area contributed by atoms with Gasteiger partial charge in [-0.05, 0) is 86.5 Å². The number of likely N-dealkylation sites (tertiary alicyclic amines) is 1. The number of rotatable bonds is 11. The molecule has 0 aliphatic carbocycles. The summed E-state index contributed by atoms with van der Waals surface area (Å²) in [5.41, 5.74) is 3.66. The lowest BCUT2D eigenvalue weighted by atomic mass is 9.89. The highest BCUT2D eigenvalue weighted by Crippen LogP contribution is 2.26. The Bertz CT molecular complexity index is 1170. The van der Waals surface area contributed by atoms with Gasteiger partial charge in [-0.3, -0.25) is 4.79 Å². The molecule has 0 spiro atoms. The Morgan fingerprint density at radius 2 is 1.89 bits per heavy atom. The molecule has 0 amide bonds. The Kier molecular flexibility index (Phi) is 8.79. The second-order valence-electron chi connectivity index (χ2n) is 9.28. The maximum absolute atomic E-state index is 12.2. The lowest BCUT2D eigenvalue weighted by molar-refractivity contribution is -0.0388. The van der Waals surface area contributed by atoms with Gasteiger partial charge in [0.25, 0.3) is 0 Å². The predicted octanol–water partition coefficient (Wildman–Crippen LogP) is 4.30. The maximum Gasteiger partial charge on any atom is 0.234 e. The molecule has 1 fully saturated rings. The first kappa shape index (κ1) is 25.2. The maximum atomic E-state index is 12.2. The molecule has 1 aromatic heterocycles. The highest BCUT2D eigenvalue weighted by Gasteiger charge is 2.20. The highest BCUT2D eigenvalue weighted by molar-refractivity contribution is 5.78. The summed E-state index contributed by atoms with van der Waals surface area (Å²) in [6, 6.07) is 12.2. The third kappa shape index (κ3) is 6.84. The molecular weight excluding hydrogens is 446 g/mol. The molecule has 3 aromatic rings. The second-order valence-corrected chi connectivity index (χ2v) is 9.28. The first-order chi connectivity index (χ1) is 17.0. The van der Waals surface area contributed by atoms with Gasteiger partial charge in [-0.25, -0.2) is 0 Å². The molecule has 0 bridgehead atoms. The third-order valence-corrected chi connectivity index (χ3v) is 6.71. The lowest BCUT2D eigenvalue weighted by Crippen LogP contribution is -2.35. The summed E-state index contributed by atoms with van der Waals surface area (Å²) < 4.78 is 21.4. The van der Waals surface area contributed by atoms with Crippen molar-refractivity contribution >= 4 is 11.0 Å². The van der Waals surface area contributed by atoms with Crippen molar-refractivity contribution in [3.63, 3.8) is 0 Å².